The summed E-state index contributed by atoms with van der Waals surface area (Å²) >= 11 is 0. The fourth-order valence-corrected chi connectivity index (χ4v) is 6.80. The van der Waals surface area contributed by atoms with Crippen molar-refractivity contribution in [3.05, 3.63) is 41.0 Å². The number of anilines is 1. The third-order valence-electron chi connectivity index (χ3n) is 9.31. The van der Waals surface area contributed by atoms with Crippen molar-refractivity contribution in [2.24, 2.45) is 23.2 Å². The molecule has 0 amide bonds. The summed E-state index contributed by atoms with van der Waals surface area (Å²) in [6.45, 7) is 13.3. The molecule has 2 saturated heterocycles. The fraction of sp³-hybridized carbons (Fsp3) is 0.667. The second-order valence-corrected chi connectivity index (χ2v) is 10.8. The Labute approximate surface area is 192 Å². The van der Waals surface area contributed by atoms with Crippen molar-refractivity contribution in [1.82, 2.24) is 4.90 Å². The zero-order valence-corrected chi connectivity index (χ0v) is 20.0. The predicted molar refractivity (Wildman–Crippen MR) is 127 cm³/mol. The van der Waals surface area contributed by atoms with Crippen molar-refractivity contribution in [2.75, 3.05) is 37.6 Å². The van der Waals surface area contributed by atoms with Gasteiger partial charge in [0.25, 0.3) is 0 Å². The van der Waals surface area contributed by atoms with E-state index < -0.39 is 6.10 Å². The number of benzene rings is 1. The van der Waals surface area contributed by atoms with Crippen molar-refractivity contribution in [3.63, 3.8) is 0 Å². The van der Waals surface area contributed by atoms with E-state index >= 15 is 0 Å². The van der Waals surface area contributed by atoms with Gasteiger partial charge in [0.1, 0.15) is 6.10 Å². The minimum absolute atomic E-state index is 0.0951. The molecule has 1 aromatic carbocycles. The molecule has 3 fully saturated rings. The number of ether oxygens (including phenoxy) is 1. The van der Waals surface area contributed by atoms with E-state index in [0.717, 1.165) is 45.4 Å². The van der Waals surface area contributed by atoms with Crippen molar-refractivity contribution in [2.45, 2.75) is 59.2 Å². The van der Waals surface area contributed by atoms with Gasteiger partial charge in [0.05, 0.1) is 12.0 Å². The molecule has 1 N–H and O–H groups in total. The second kappa shape index (κ2) is 8.18. The number of piperazine rings is 1. The molecular formula is C27H38N2O3. The number of fused-ring (bicyclic) bond motifs is 2. The van der Waals surface area contributed by atoms with Gasteiger partial charge < -0.3 is 14.7 Å². The third kappa shape index (κ3) is 3.40. The van der Waals surface area contributed by atoms with Crippen LogP contribution >= 0.6 is 0 Å². The number of aliphatic hydroxyl groups excluding tert-OH is 1. The van der Waals surface area contributed by atoms with Gasteiger partial charge in [-0.1, -0.05) is 37.6 Å². The van der Waals surface area contributed by atoms with Crippen LogP contribution in [0.3, 0.4) is 0 Å². The largest absolute Gasteiger partial charge is 0.461 e. The lowest BCUT2D eigenvalue weighted by molar-refractivity contribution is -0.145. The number of hydrogen-bond acceptors (Lipinski definition) is 5. The Bertz CT molecular complexity index is 919. The highest BCUT2D eigenvalue weighted by atomic mass is 16.6. The highest BCUT2D eigenvalue weighted by molar-refractivity contribution is 5.76. The number of allylic oxidation sites excluding steroid dienone is 1. The van der Waals surface area contributed by atoms with Gasteiger partial charge in [0, 0.05) is 56.2 Å². The van der Waals surface area contributed by atoms with Crippen molar-refractivity contribution >= 4 is 11.7 Å². The summed E-state index contributed by atoms with van der Waals surface area (Å²) < 4.78 is 5.86. The Balaban J connectivity index is 1.28. The van der Waals surface area contributed by atoms with Crippen LogP contribution in [0.5, 0.6) is 0 Å². The quantitative estimate of drug-likeness (QED) is 0.576. The minimum atomic E-state index is -0.518. The Morgan fingerprint density at radius 1 is 1.19 bits per heavy atom. The average Bonchev–Trinajstić information content (AvgIpc) is 3.08. The Kier molecular flexibility index (Phi) is 5.61. The smallest absolute Gasteiger partial charge is 0.311 e. The summed E-state index contributed by atoms with van der Waals surface area (Å²) in [5, 5.41) is 11.6. The number of hydrogen-bond donors (Lipinski definition) is 1. The normalized spacial score (nSPS) is 37.5. The molecule has 6 atom stereocenters. The molecule has 1 saturated carbocycles. The van der Waals surface area contributed by atoms with Crippen molar-refractivity contribution in [1.29, 1.82) is 0 Å². The lowest BCUT2D eigenvalue weighted by Gasteiger charge is -2.52. The second-order valence-electron chi connectivity index (χ2n) is 10.8. The zero-order chi connectivity index (χ0) is 22.6. The first-order chi connectivity index (χ1) is 15.3. The molecule has 1 unspecified atom stereocenters. The summed E-state index contributed by atoms with van der Waals surface area (Å²) in [4.78, 5) is 17.8. The number of nitrogens with zero attached hydrogens (tertiary/aromatic N) is 2. The highest BCUT2D eigenvalue weighted by Crippen LogP contribution is 2.56. The Morgan fingerprint density at radius 3 is 2.69 bits per heavy atom. The predicted octanol–water partition coefficient (Wildman–Crippen LogP) is 3.71. The van der Waals surface area contributed by atoms with E-state index in [1.54, 1.807) is 0 Å². The van der Waals surface area contributed by atoms with Crippen LogP contribution in [0.2, 0.25) is 0 Å². The van der Waals surface area contributed by atoms with Gasteiger partial charge in [0.2, 0.25) is 0 Å². The molecule has 0 radical (unpaired) electrons. The molecular weight excluding hydrogens is 400 g/mol. The molecule has 5 heteroatoms. The van der Waals surface area contributed by atoms with Crippen LogP contribution in [0.1, 0.15) is 44.2 Å². The first kappa shape index (κ1) is 22.0. The number of carbonyl (C=O) groups is 1. The van der Waals surface area contributed by atoms with Crippen LogP contribution in [0.4, 0.5) is 5.69 Å². The molecule has 2 heterocycles. The topological polar surface area (TPSA) is 53.0 Å². The van der Waals surface area contributed by atoms with Gasteiger partial charge in [-0.25, -0.2) is 0 Å². The van der Waals surface area contributed by atoms with Gasteiger partial charge in [-0.05, 0) is 49.8 Å². The van der Waals surface area contributed by atoms with Gasteiger partial charge in [-0.2, -0.15) is 0 Å². The van der Waals surface area contributed by atoms with Crippen LogP contribution in [0, 0.1) is 37.0 Å². The summed E-state index contributed by atoms with van der Waals surface area (Å²) in [7, 11) is 0. The summed E-state index contributed by atoms with van der Waals surface area (Å²) in [6, 6.07) is 6.52. The maximum Gasteiger partial charge on any atom is 0.311 e. The first-order valence-corrected chi connectivity index (χ1v) is 12.4. The molecule has 2 aliphatic carbocycles. The summed E-state index contributed by atoms with van der Waals surface area (Å²) in [5.41, 5.74) is 5.08. The molecule has 1 aromatic rings. The summed E-state index contributed by atoms with van der Waals surface area (Å²) in [6.07, 6.45) is 4.59. The van der Waals surface area contributed by atoms with Crippen LogP contribution < -0.4 is 4.90 Å². The molecule has 0 spiro atoms. The molecule has 4 aliphatic rings. The van der Waals surface area contributed by atoms with Gasteiger partial charge >= 0.3 is 5.97 Å². The van der Waals surface area contributed by atoms with E-state index in [1.807, 2.05) is 0 Å². The lowest BCUT2D eigenvalue weighted by Crippen LogP contribution is -2.55. The molecule has 2 aliphatic heterocycles. The molecule has 174 valence electrons. The number of carbonyl (C=O) groups excluding carboxylic acids is 1. The zero-order valence-electron chi connectivity index (χ0n) is 20.0. The van der Waals surface area contributed by atoms with Gasteiger partial charge in [-0.15, -0.1) is 0 Å². The SMILES string of the molecule is Cc1cccc(N2CCN(CC3C(=O)O[C@@H]4CC5=CCC[C@@H](C)[C@@]5(C)[C@@H](O)[C@H]34)CC2)c1C. The van der Waals surface area contributed by atoms with Gasteiger partial charge in [0.15, 0.2) is 0 Å². The van der Waals surface area contributed by atoms with Crippen molar-refractivity contribution in [3.8, 4) is 0 Å². The number of rotatable bonds is 3. The standard InChI is InChI=1S/C27H38N2O3/c1-17-7-5-10-22(19(17)3)29-13-11-28(12-14-29)16-21-24-23(32-26(21)31)15-20-9-6-8-18(2)27(20,4)25(24)30/h5,7,9-10,18,21,23-25,30H,6,8,11-16H2,1-4H3/t18-,21?,23-,24-,25+,27-/m1/s1. The molecule has 0 aromatic heterocycles. The lowest BCUT2D eigenvalue weighted by atomic mass is 9.55. The van der Waals surface area contributed by atoms with E-state index in [9.17, 15) is 9.90 Å². The average molecular weight is 439 g/mol. The monoisotopic (exact) mass is 438 g/mol. The van der Waals surface area contributed by atoms with Crippen LogP contribution in [0.25, 0.3) is 0 Å². The number of esters is 1. The number of aryl methyl sites for hydroxylation is 1. The molecule has 0 bridgehead atoms. The maximum atomic E-state index is 12.9. The van der Waals surface area contributed by atoms with Crippen molar-refractivity contribution < 1.29 is 14.6 Å². The third-order valence-corrected chi connectivity index (χ3v) is 9.31. The van der Waals surface area contributed by atoms with E-state index in [-0.39, 0.29) is 29.3 Å². The Hall–Kier alpha value is -1.85. The highest BCUT2D eigenvalue weighted by Gasteiger charge is 2.59. The van der Waals surface area contributed by atoms with E-state index in [0.29, 0.717) is 12.5 Å². The van der Waals surface area contributed by atoms with E-state index in [1.165, 1.54) is 22.4 Å². The Morgan fingerprint density at radius 2 is 1.94 bits per heavy atom. The number of aliphatic hydroxyl groups is 1. The van der Waals surface area contributed by atoms with Crippen LogP contribution in [-0.4, -0.2) is 60.9 Å². The first-order valence-electron chi connectivity index (χ1n) is 12.4. The fourth-order valence-electron chi connectivity index (χ4n) is 6.80. The minimum Gasteiger partial charge on any atom is -0.461 e. The van der Waals surface area contributed by atoms with Crippen LogP contribution in [-0.2, 0) is 9.53 Å². The maximum absolute atomic E-state index is 12.9. The van der Waals surface area contributed by atoms with E-state index in [2.05, 4.69) is 61.8 Å². The molecule has 5 nitrogen and oxygen atoms in total. The van der Waals surface area contributed by atoms with Crippen LogP contribution in [0.15, 0.2) is 29.8 Å². The molecule has 5 rings (SSSR count). The van der Waals surface area contributed by atoms with Gasteiger partial charge in [-0.3, -0.25) is 9.69 Å². The molecule has 32 heavy (non-hydrogen) atoms. The van der Waals surface area contributed by atoms with E-state index in [4.69, 9.17) is 4.74 Å². The summed E-state index contributed by atoms with van der Waals surface area (Å²) in [5.74, 6) is -0.000529.